The van der Waals surface area contributed by atoms with Crippen molar-refractivity contribution in [1.82, 2.24) is 5.32 Å². The van der Waals surface area contributed by atoms with E-state index < -0.39 is 12.6 Å². The molecule has 7 heteroatoms. The van der Waals surface area contributed by atoms with Crippen molar-refractivity contribution in [3.8, 4) is 0 Å². The van der Waals surface area contributed by atoms with Crippen LogP contribution < -0.4 is 26.7 Å². The molecule has 3 aromatic carbocycles. The van der Waals surface area contributed by atoms with E-state index in [4.69, 9.17) is 9.98 Å². The van der Waals surface area contributed by atoms with E-state index >= 15 is 0 Å². The van der Waals surface area contributed by atoms with Gasteiger partial charge in [0.05, 0.1) is 21.4 Å². The molecular formula is C22H15N7. The molecule has 0 aromatic heterocycles. The second kappa shape index (κ2) is 6.27. The van der Waals surface area contributed by atoms with Crippen molar-refractivity contribution < 1.29 is 0 Å². The number of amidine groups is 2. The first kappa shape index (κ1) is 16.0. The number of nitrogens with one attached hydrogen (secondary N) is 1. The molecule has 3 aliphatic heterocycles. The second-order valence-electron chi connectivity index (χ2n) is 6.81. The highest BCUT2D eigenvalue weighted by Crippen LogP contribution is 2.18. The molecule has 3 aliphatic rings. The molecule has 3 heterocycles. The molecule has 0 amide bonds. The first-order valence-corrected chi connectivity index (χ1v) is 9.37. The highest BCUT2D eigenvalue weighted by molar-refractivity contribution is 6.25. The van der Waals surface area contributed by atoms with E-state index in [0.29, 0.717) is 11.7 Å². The molecule has 0 atom stereocenters. The van der Waals surface area contributed by atoms with Crippen LogP contribution in [0.25, 0.3) is 0 Å². The zero-order valence-corrected chi connectivity index (χ0v) is 15.3. The Morgan fingerprint density at radius 1 is 0.517 bits per heavy atom. The number of fused-ring (bicyclic) bond motifs is 3. The zero-order chi connectivity index (χ0) is 19.2. The number of hydrogen-bond donors (Lipinski definition) is 1. The maximum atomic E-state index is 4.73. The van der Waals surface area contributed by atoms with Crippen LogP contribution in [0.1, 0.15) is 11.1 Å². The van der Waals surface area contributed by atoms with E-state index in [-0.39, 0.29) is 0 Å². The van der Waals surface area contributed by atoms with Gasteiger partial charge in [0.25, 0.3) is 0 Å². The van der Waals surface area contributed by atoms with E-state index in [9.17, 15) is 0 Å². The third-order valence-electron chi connectivity index (χ3n) is 4.94. The van der Waals surface area contributed by atoms with Crippen LogP contribution in [0, 0.1) is 0 Å². The Hall–Kier alpha value is -4.00. The van der Waals surface area contributed by atoms with E-state index in [0.717, 1.165) is 32.6 Å². The summed E-state index contributed by atoms with van der Waals surface area (Å²) in [5.74, 6) is 1.42. The molecule has 0 unspecified atom stereocenters. The number of benzene rings is 3. The lowest BCUT2D eigenvalue weighted by Gasteiger charge is -2.03. The van der Waals surface area contributed by atoms with E-state index in [1.165, 1.54) is 0 Å². The van der Waals surface area contributed by atoms with Crippen molar-refractivity contribution in [2.75, 3.05) is 0 Å². The summed E-state index contributed by atoms with van der Waals surface area (Å²) in [4.78, 5) is 27.7. The standard InChI is InChI=1S/C22H15N7/c1-2-8-14-13(7-1)19(28-21-23-15-9-3-4-10-16(15)24-21)27-20(14)29-22-25-17-11-5-6-12-18(17)26-22/h1-12,21-22H,(H,27,28,29). The van der Waals surface area contributed by atoms with Crippen LogP contribution in [0.5, 0.6) is 0 Å². The van der Waals surface area contributed by atoms with Crippen LogP contribution >= 0.6 is 0 Å². The van der Waals surface area contributed by atoms with Gasteiger partial charge >= 0.3 is 0 Å². The molecule has 0 bridgehead atoms. The Morgan fingerprint density at radius 2 is 0.862 bits per heavy atom. The van der Waals surface area contributed by atoms with Gasteiger partial charge in [-0.2, -0.15) is 0 Å². The van der Waals surface area contributed by atoms with E-state index in [1.807, 2.05) is 72.8 Å². The van der Waals surface area contributed by atoms with Crippen LogP contribution in [0.2, 0.25) is 0 Å². The fourth-order valence-corrected chi connectivity index (χ4v) is 3.61. The average Bonchev–Trinajstić information content (AvgIpc) is 3.43. The second-order valence-corrected chi connectivity index (χ2v) is 6.81. The molecule has 0 saturated heterocycles. The Bertz CT molecular complexity index is 1270. The minimum atomic E-state index is -0.493. The summed E-state index contributed by atoms with van der Waals surface area (Å²) >= 11 is 0. The van der Waals surface area contributed by atoms with Crippen LogP contribution in [-0.2, 0) is 0 Å². The molecule has 6 rings (SSSR count). The van der Waals surface area contributed by atoms with Gasteiger partial charge in [0.2, 0.25) is 12.6 Å². The van der Waals surface area contributed by atoms with Crippen molar-refractivity contribution in [2.45, 2.75) is 12.6 Å². The molecule has 29 heavy (non-hydrogen) atoms. The lowest BCUT2D eigenvalue weighted by Crippen LogP contribution is -2.25. The van der Waals surface area contributed by atoms with Gasteiger partial charge in [0.15, 0.2) is 0 Å². The first-order chi connectivity index (χ1) is 14.3. The Morgan fingerprint density at radius 3 is 1.24 bits per heavy atom. The molecule has 0 aliphatic carbocycles. The van der Waals surface area contributed by atoms with Crippen molar-refractivity contribution >= 4 is 11.7 Å². The number of aliphatic imine (C=N–C) groups is 2. The summed E-state index contributed by atoms with van der Waals surface area (Å²) in [7, 11) is 0. The average molecular weight is 377 g/mol. The van der Waals surface area contributed by atoms with Gasteiger partial charge in [-0.15, -0.1) is 0 Å². The number of nitrogens with zero attached hydrogens (tertiary/aromatic N) is 6. The monoisotopic (exact) mass is 377 g/mol. The van der Waals surface area contributed by atoms with Gasteiger partial charge in [0.1, 0.15) is 11.7 Å². The summed E-state index contributed by atoms with van der Waals surface area (Å²) in [6.45, 7) is 0. The normalized spacial score (nSPS) is 19.6. The zero-order valence-electron chi connectivity index (χ0n) is 15.3. The molecule has 0 saturated carbocycles. The topological polar surface area (TPSA) is 86.2 Å². The largest absolute Gasteiger partial charge is 0.324 e. The maximum Gasteiger partial charge on any atom is 0.236 e. The molecular weight excluding hydrogens is 362 g/mol. The molecule has 138 valence electrons. The minimum Gasteiger partial charge on any atom is -0.324 e. The summed E-state index contributed by atoms with van der Waals surface area (Å²) < 4.78 is 0. The summed E-state index contributed by atoms with van der Waals surface area (Å²) in [6.07, 6.45) is -0.986. The molecule has 0 spiro atoms. The quantitative estimate of drug-likeness (QED) is 0.682. The Balaban J connectivity index is 1.38. The fourth-order valence-electron chi connectivity index (χ4n) is 3.61. The van der Waals surface area contributed by atoms with Crippen LogP contribution in [0.15, 0.2) is 103 Å². The highest BCUT2D eigenvalue weighted by atomic mass is 15.3. The third-order valence-corrected chi connectivity index (χ3v) is 4.94. The molecule has 3 aromatic rings. The van der Waals surface area contributed by atoms with Crippen molar-refractivity contribution in [1.29, 1.82) is 0 Å². The van der Waals surface area contributed by atoms with Gasteiger partial charge < -0.3 is 5.32 Å². The van der Waals surface area contributed by atoms with Crippen molar-refractivity contribution in [2.24, 2.45) is 30.0 Å². The highest BCUT2D eigenvalue weighted by Gasteiger charge is 2.25. The first-order valence-electron chi connectivity index (χ1n) is 9.37. The predicted molar refractivity (Wildman–Crippen MR) is 108 cm³/mol. The van der Waals surface area contributed by atoms with E-state index in [1.54, 1.807) is 0 Å². The maximum absolute atomic E-state index is 4.73. The number of rotatable bonds is 2. The molecule has 1 N–H and O–H groups in total. The molecule has 0 radical (unpaired) electrons. The Kier molecular flexibility index (Phi) is 3.46. The lowest BCUT2D eigenvalue weighted by atomic mass is 10.1. The minimum absolute atomic E-state index is 0.493. The number of para-hydroxylation sites is 4. The van der Waals surface area contributed by atoms with E-state index in [2.05, 4.69) is 25.3 Å². The molecule has 7 nitrogen and oxygen atoms in total. The summed E-state index contributed by atoms with van der Waals surface area (Å²) in [6, 6.07) is 23.6. The van der Waals surface area contributed by atoms with Gasteiger partial charge in [-0.3, -0.25) is 0 Å². The Labute approximate surface area is 165 Å². The van der Waals surface area contributed by atoms with Gasteiger partial charge in [-0.05, 0) is 24.3 Å². The predicted octanol–water partition coefficient (Wildman–Crippen LogP) is 0.256. The number of hydrogen-bond acceptors (Lipinski definition) is 6. The van der Waals surface area contributed by atoms with Crippen LogP contribution in [0.4, 0.5) is 0 Å². The van der Waals surface area contributed by atoms with Gasteiger partial charge in [-0.25, -0.2) is 30.0 Å². The van der Waals surface area contributed by atoms with Crippen LogP contribution in [0.3, 0.4) is 0 Å². The van der Waals surface area contributed by atoms with Gasteiger partial charge in [0, 0.05) is 11.1 Å². The van der Waals surface area contributed by atoms with Gasteiger partial charge in [-0.1, -0.05) is 48.5 Å². The third kappa shape index (κ3) is 2.75. The smallest absolute Gasteiger partial charge is 0.236 e. The SMILES string of the molecule is c1ccc2c(c1)/C(=N/C1N=c3ccccc3=N1)N/C2=N/C1N=c2ccccc2=N1. The molecule has 0 fully saturated rings. The van der Waals surface area contributed by atoms with Crippen LogP contribution in [-0.4, -0.2) is 24.3 Å². The van der Waals surface area contributed by atoms with Crippen molar-refractivity contribution in [3.05, 3.63) is 105 Å². The summed E-state index contributed by atoms with van der Waals surface area (Å²) in [5, 5.41) is 6.78. The van der Waals surface area contributed by atoms with Crippen molar-refractivity contribution in [3.63, 3.8) is 0 Å². The summed E-state index contributed by atoms with van der Waals surface area (Å²) in [5.41, 5.74) is 1.95. The fraction of sp³-hybridized carbons (Fsp3) is 0.0909. The lowest BCUT2D eigenvalue weighted by molar-refractivity contribution is 0.743.